The molecular formula is C36H35N3O2+2. The number of nitrogens with one attached hydrogen (secondary N) is 2. The number of rotatable bonds is 7. The molecule has 1 aliphatic heterocycles. The van der Waals surface area contributed by atoms with Crippen molar-refractivity contribution in [2.75, 3.05) is 6.54 Å². The van der Waals surface area contributed by atoms with Crippen molar-refractivity contribution < 1.29 is 20.2 Å². The zero-order valence-corrected chi connectivity index (χ0v) is 23.3. The van der Waals surface area contributed by atoms with Gasteiger partial charge in [-0.3, -0.25) is 15.4 Å². The normalized spacial score (nSPS) is 15.2. The molecule has 204 valence electrons. The SMILES string of the molecule is C[C@H](NC(=O)c1ccc2c(c1)CCC[NH+]2Cc1cccc(-c2ccccc2C([NH3+])=O)c1)c1ccc2ccccc2c1. The van der Waals surface area contributed by atoms with E-state index in [0.717, 1.165) is 42.6 Å². The van der Waals surface area contributed by atoms with E-state index >= 15 is 0 Å². The van der Waals surface area contributed by atoms with Gasteiger partial charge in [-0.25, -0.2) is 4.79 Å². The van der Waals surface area contributed by atoms with Crippen LogP contribution in [0, 0.1) is 0 Å². The summed E-state index contributed by atoms with van der Waals surface area (Å²) in [5, 5.41) is 5.57. The molecule has 5 N–H and O–H groups in total. The first-order chi connectivity index (χ1) is 20.0. The van der Waals surface area contributed by atoms with E-state index in [0.29, 0.717) is 11.1 Å². The van der Waals surface area contributed by atoms with Crippen LogP contribution in [0.4, 0.5) is 5.69 Å². The summed E-state index contributed by atoms with van der Waals surface area (Å²) in [4.78, 5) is 26.7. The van der Waals surface area contributed by atoms with Crippen LogP contribution in [-0.2, 0) is 13.0 Å². The number of hydrogen-bond acceptors (Lipinski definition) is 2. The molecular weight excluding hydrogens is 506 g/mol. The van der Waals surface area contributed by atoms with E-state index in [4.69, 9.17) is 0 Å². The molecule has 1 heterocycles. The smallest absolute Gasteiger partial charge is 0.341 e. The standard InChI is InChI=1S/C36H33N3O2/c1-24(27-16-15-26-9-2-3-10-28(26)21-27)38-36(41)31-17-18-34-30(22-31)12-7-19-39(34)23-25-8-6-11-29(20-25)32-13-4-5-14-33(32)35(37)40/h2-6,8-11,13-18,20-22,24H,7,12,19,23H2,1H3,(H2,37,40)(H,38,41)/p+2/t24-/m0/s1. The molecule has 1 aliphatic rings. The molecule has 0 aromatic heterocycles. The van der Waals surface area contributed by atoms with Crippen LogP contribution in [-0.4, -0.2) is 18.4 Å². The van der Waals surface area contributed by atoms with Gasteiger partial charge < -0.3 is 5.32 Å². The highest BCUT2D eigenvalue weighted by molar-refractivity contribution is 5.95. The maximum Gasteiger partial charge on any atom is 0.341 e. The van der Waals surface area contributed by atoms with Crippen molar-refractivity contribution in [3.63, 3.8) is 0 Å². The van der Waals surface area contributed by atoms with Crippen molar-refractivity contribution in [2.24, 2.45) is 0 Å². The molecule has 41 heavy (non-hydrogen) atoms. The van der Waals surface area contributed by atoms with Gasteiger partial charge in [0.15, 0.2) is 0 Å². The van der Waals surface area contributed by atoms with Crippen molar-refractivity contribution in [1.29, 1.82) is 0 Å². The Balaban J connectivity index is 1.18. The summed E-state index contributed by atoms with van der Waals surface area (Å²) in [7, 11) is 0. The van der Waals surface area contributed by atoms with Gasteiger partial charge in [0.25, 0.3) is 5.91 Å². The fraction of sp³-hybridized carbons (Fsp3) is 0.167. The molecule has 0 saturated carbocycles. The summed E-state index contributed by atoms with van der Waals surface area (Å²) in [5.41, 5.74) is 11.7. The number of benzene rings is 5. The molecule has 2 amide bonds. The van der Waals surface area contributed by atoms with Crippen LogP contribution in [0.1, 0.15) is 56.8 Å². The van der Waals surface area contributed by atoms with Gasteiger partial charge in [-0.2, -0.15) is 0 Å². The second kappa shape index (κ2) is 11.5. The Morgan fingerprint density at radius 2 is 1.66 bits per heavy atom. The largest absolute Gasteiger partial charge is 0.346 e. The second-order valence-corrected chi connectivity index (χ2v) is 11.0. The van der Waals surface area contributed by atoms with Crippen molar-refractivity contribution in [3.8, 4) is 11.1 Å². The van der Waals surface area contributed by atoms with Crippen molar-refractivity contribution >= 4 is 28.3 Å². The molecule has 5 aromatic rings. The van der Waals surface area contributed by atoms with Crippen molar-refractivity contribution in [1.82, 2.24) is 5.32 Å². The first-order valence-corrected chi connectivity index (χ1v) is 14.3. The molecule has 0 fully saturated rings. The van der Waals surface area contributed by atoms with Gasteiger partial charge in [0.1, 0.15) is 12.2 Å². The predicted molar refractivity (Wildman–Crippen MR) is 163 cm³/mol. The Morgan fingerprint density at radius 3 is 2.51 bits per heavy atom. The summed E-state index contributed by atoms with van der Waals surface area (Å²) < 4.78 is 0. The van der Waals surface area contributed by atoms with Crippen LogP contribution in [0.2, 0.25) is 0 Å². The minimum Gasteiger partial charge on any atom is -0.346 e. The minimum absolute atomic E-state index is 0.0492. The molecule has 5 nitrogen and oxygen atoms in total. The Labute approximate surface area is 240 Å². The quantitative estimate of drug-likeness (QED) is 0.270. The van der Waals surface area contributed by atoms with Crippen LogP contribution < -0.4 is 16.0 Å². The van der Waals surface area contributed by atoms with Crippen LogP contribution >= 0.6 is 0 Å². The third kappa shape index (κ3) is 5.68. The van der Waals surface area contributed by atoms with Gasteiger partial charge in [0.2, 0.25) is 0 Å². The van der Waals surface area contributed by atoms with Gasteiger partial charge in [-0.15, -0.1) is 0 Å². The molecule has 0 bridgehead atoms. The number of hydrogen-bond donors (Lipinski definition) is 3. The summed E-state index contributed by atoms with van der Waals surface area (Å²) in [6.45, 7) is 3.91. The van der Waals surface area contributed by atoms with Crippen molar-refractivity contribution in [2.45, 2.75) is 32.4 Å². The lowest BCUT2D eigenvalue weighted by atomic mass is 9.96. The number of carbonyl (C=O) groups excluding carboxylic acids is 2. The molecule has 0 radical (unpaired) electrons. The lowest BCUT2D eigenvalue weighted by Gasteiger charge is -2.26. The van der Waals surface area contributed by atoms with Crippen LogP contribution in [0.25, 0.3) is 21.9 Å². The lowest BCUT2D eigenvalue weighted by Crippen LogP contribution is -3.06. The van der Waals surface area contributed by atoms with Crippen LogP contribution in [0.15, 0.2) is 109 Å². The molecule has 2 atom stereocenters. The summed E-state index contributed by atoms with van der Waals surface area (Å²) >= 11 is 0. The highest BCUT2D eigenvalue weighted by Crippen LogP contribution is 2.26. The zero-order chi connectivity index (χ0) is 28.3. The van der Waals surface area contributed by atoms with E-state index in [1.807, 2.05) is 49.4 Å². The second-order valence-electron chi connectivity index (χ2n) is 11.0. The molecule has 1 unspecified atom stereocenters. The van der Waals surface area contributed by atoms with Crippen LogP contribution in [0.5, 0.6) is 0 Å². The average Bonchev–Trinajstić information content (AvgIpc) is 3.00. The molecule has 5 heteroatoms. The number of carbonyl (C=O) groups is 2. The lowest BCUT2D eigenvalue weighted by molar-refractivity contribution is -0.850. The monoisotopic (exact) mass is 541 g/mol. The summed E-state index contributed by atoms with van der Waals surface area (Å²) in [5.74, 6) is -0.222. The Hall–Kier alpha value is -4.58. The summed E-state index contributed by atoms with van der Waals surface area (Å²) in [6.07, 6.45) is 2.04. The van der Waals surface area contributed by atoms with E-state index in [1.54, 1.807) is 0 Å². The van der Waals surface area contributed by atoms with Gasteiger partial charge in [-0.05, 0) is 71.1 Å². The molecule has 5 aromatic carbocycles. The van der Waals surface area contributed by atoms with Gasteiger partial charge >= 0.3 is 5.91 Å². The molecule has 0 aliphatic carbocycles. The van der Waals surface area contributed by atoms with E-state index in [2.05, 4.69) is 77.8 Å². The fourth-order valence-corrected chi connectivity index (χ4v) is 6.01. The maximum atomic E-state index is 13.3. The third-order valence-electron chi connectivity index (χ3n) is 8.18. The highest BCUT2D eigenvalue weighted by Gasteiger charge is 2.24. The zero-order valence-electron chi connectivity index (χ0n) is 23.3. The van der Waals surface area contributed by atoms with E-state index < -0.39 is 0 Å². The molecule has 0 saturated heterocycles. The Kier molecular flexibility index (Phi) is 7.47. The first kappa shape index (κ1) is 26.6. The third-order valence-corrected chi connectivity index (χ3v) is 8.18. The van der Waals surface area contributed by atoms with Gasteiger partial charge in [0.05, 0.1) is 18.2 Å². The van der Waals surface area contributed by atoms with Crippen molar-refractivity contribution in [3.05, 3.63) is 137 Å². The number of fused-ring (bicyclic) bond motifs is 2. The van der Waals surface area contributed by atoms with Gasteiger partial charge in [0, 0.05) is 29.2 Å². The number of amides is 2. The average molecular weight is 542 g/mol. The van der Waals surface area contributed by atoms with E-state index in [-0.39, 0.29) is 17.9 Å². The van der Waals surface area contributed by atoms with E-state index in [9.17, 15) is 9.59 Å². The Bertz CT molecular complexity index is 1760. The maximum absolute atomic E-state index is 13.3. The minimum atomic E-state index is -0.173. The summed E-state index contributed by atoms with van der Waals surface area (Å²) in [6, 6.07) is 36.8. The molecule has 6 rings (SSSR count). The topological polar surface area (TPSA) is 78.2 Å². The molecule has 0 spiro atoms. The highest BCUT2D eigenvalue weighted by atomic mass is 16.2. The fourth-order valence-electron chi connectivity index (χ4n) is 6.01. The first-order valence-electron chi connectivity index (χ1n) is 14.3. The number of quaternary nitrogens is 2. The predicted octanol–water partition coefficient (Wildman–Crippen LogP) is 5.04. The number of aryl methyl sites for hydroxylation is 1. The van der Waals surface area contributed by atoms with Crippen LogP contribution in [0.3, 0.4) is 0 Å². The Morgan fingerprint density at radius 1 is 0.854 bits per heavy atom. The van der Waals surface area contributed by atoms with E-state index in [1.165, 1.54) is 32.5 Å². The van der Waals surface area contributed by atoms with Gasteiger partial charge in [-0.1, -0.05) is 72.8 Å².